The van der Waals surface area contributed by atoms with Crippen molar-refractivity contribution in [1.82, 2.24) is 9.71 Å². The Kier molecular flexibility index (Phi) is 6.25. The highest BCUT2D eigenvalue weighted by molar-refractivity contribution is 7.89. The van der Waals surface area contributed by atoms with Crippen LogP contribution in [0.25, 0.3) is 22.0 Å². The molecule has 1 heterocycles. The summed E-state index contributed by atoms with van der Waals surface area (Å²) in [7, 11) is -3.55. The van der Waals surface area contributed by atoms with E-state index in [1.165, 1.54) is 5.56 Å². The molecule has 4 rings (SSSR count). The van der Waals surface area contributed by atoms with E-state index in [1.807, 2.05) is 42.6 Å². The summed E-state index contributed by atoms with van der Waals surface area (Å²) < 4.78 is 28.1. The van der Waals surface area contributed by atoms with Crippen molar-refractivity contribution in [2.75, 3.05) is 6.54 Å². The van der Waals surface area contributed by atoms with Gasteiger partial charge in [-0.25, -0.2) is 13.1 Å². The van der Waals surface area contributed by atoms with E-state index in [9.17, 15) is 8.42 Å². The zero-order valence-corrected chi connectivity index (χ0v) is 18.7. The van der Waals surface area contributed by atoms with Crippen LogP contribution in [0.1, 0.15) is 25.0 Å². The molecule has 0 aliphatic carbocycles. The summed E-state index contributed by atoms with van der Waals surface area (Å²) in [4.78, 5) is 3.51. The third-order valence-electron chi connectivity index (χ3n) is 5.46. The van der Waals surface area contributed by atoms with Crippen molar-refractivity contribution in [2.45, 2.75) is 31.6 Å². The molecule has 0 aliphatic heterocycles. The summed E-state index contributed by atoms with van der Waals surface area (Å²) in [5, 5.41) is 1.13. The van der Waals surface area contributed by atoms with Gasteiger partial charge in [-0.05, 0) is 59.2 Å². The molecule has 5 heteroatoms. The molecule has 4 nitrogen and oxygen atoms in total. The van der Waals surface area contributed by atoms with Crippen molar-refractivity contribution in [2.24, 2.45) is 5.92 Å². The summed E-state index contributed by atoms with van der Waals surface area (Å²) in [6.07, 6.45) is 3.63. The average molecular weight is 433 g/mol. The summed E-state index contributed by atoms with van der Waals surface area (Å²) in [6.45, 7) is 4.77. The lowest BCUT2D eigenvalue weighted by Crippen LogP contribution is -2.25. The normalized spacial score (nSPS) is 12.0. The van der Waals surface area contributed by atoms with Crippen molar-refractivity contribution in [3.8, 4) is 11.1 Å². The number of sulfonamides is 1. The van der Waals surface area contributed by atoms with Crippen LogP contribution in [0.15, 0.2) is 83.9 Å². The summed E-state index contributed by atoms with van der Waals surface area (Å²) in [6, 6.07) is 23.6. The summed E-state index contributed by atoms with van der Waals surface area (Å²) in [5.41, 5.74) is 5.58. The molecule has 0 atom stereocenters. The zero-order chi connectivity index (χ0) is 21.8. The van der Waals surface area contributed by atoms with Crippen LogP contribution in [0.3, 0.4) is 0 Å². The molecule has 0 fully saturated rings. The van der Waals surface area contributed by atoms with Gasteiger partial charge in [0.25, 0.3) is 0 Å². The topological polar surface area (TPSA) is 62.0 Å². The van der Waals surface area contributed by atoms with Gasteiger partial charge in [0.15, 0.2) is 0 Å². The number of nitrogens with one attached hydrogen (secondary N) is 2. The molecule has 0 saturated carbocycles. The molecule has 0 unspecified atom stereocenters. The number of aromatic nitrogens is 1. The van der Waals surface area contributed by atoms with Gasteiger partial charge in [-0.2, -0.15) is 0 Å². The lowest BCUT2D eigenvalue weighted by atomic mass is 9.99. The minimum absolute atomic E-state index is 0.284. The molecule has 0 spiro atoms. The van der Waals surface area contributed by atoms with E-state index < -0.39 is 10.0 Å². The first-order chi connectivity index (χ1) is 14.9. The number of hydrogen-bond donors (Lipinski definition) is 2. The molecule has 2 N–H and O–H groups in total. The number of aromatic amines is 1. The Morgan fingerprint density at radius 3 is 2.19 bits per heavy atom. The molecular weight excluding hydrogens is 404 g/mol. The molecular formula is C26H28N2O2S. The summed E-state index contributed by atoms with van der Waals surface area (Å²) >= 11 is 0. The van der Waals surface area contributed by atoms with Gasteiger partial charge in [0.05, 0.1) is 4.90 Å². The van der Waals surface area contributed by atoms with E-state index in [2.05, 4.69) is 47.8 Å². The maximum absolute atomic E-state index is 12.7. The van der Waals surface area contributed by atoms with Gasteiger partial charge in [0.2, 0.25) is 10.0 Å². The maximum atomic E-state index is 12.7. The second-order valence-electron chi connectivity index (χ2n) is 8.33. The smallest absolute Gasteiger partial charge is 0.240 e. The van der Waals surface area contributed by atoms with Crippen molar-refractivity contribution in [1.29, 1.82) is 0 Å². The predicted octanol–water partition coefficient (Wildman–Crippen LogP) is 5.55. The lowest BCUT2D eigenvalue weighted by molar-refractivity contribution is 0.581. The number of fused-ring (bicyclic) bond motifs is 1. The van der Waals surface area contributed by atoms with E-state index in [0.717, 1.165) is 34.0 Å². The van der Waals surface area contributed by atoms with E-state index in [1.54, 1.807) is 12.1 Å². The lowest BCUT2D eigenvalue weighted by Gasteiger charge is -2.09. The number of rotatable bonds is 8. The van der Waals surface area contributed by atoms with E-state index in [-0.39, 0.29) is 4.90 Å². The van der Waals surface area contributed by atoms with Crippen LogP contribution in [0.4, 0.5) is 0 Å². The minimum atomic E-state index is -3.55. The van der Waals surface area contributed by atoms with Crippen LogP contribution < -0.4 is 4.72 Å². The second kappa shape index (κ2) is 9.08. The fraction of sp³-hybridized carbons (Fsp3) is 0.231. The second-order valence-corrected chi connectivity index (χ2v) is 10.1. The van der Waals surface area contributed by atoms with Crippen molar-refractivity contribution in [3.05, 3.63) is 90.1 Å². The van der Waals surface area contributed by atoms with Crippen LogP contribution in [0.2, 0.25) is 0 Å². The Balaban J connectivity index is 1.40. The SMILES string of the molecule is CC(C)Cc1ccc(-c2ccc(S(=O)(=O)NCCc3c[nH]c4ccccc34)cc2)cc1. The average Bonchev–Trinajstić information content (AvgIpc) is 3.17. The van der Waals surface area contributed by atoms with Gasteiger partial charge >= 0.3 is 0 Å². The van der Waals surface area contributed by atoms with E-state index in [0.29, 0.717) is 18.9 Å². The number of hydrogen-bond acceptors (Lipinski definition) is 2. The van der Waals surface area contributed by atoms with Crippen LogP contribution in [0, 0.1) is 5.92 Å². The Bertz CT molecular complexity index is 1260. The first-order valence-electron chi connectivity index (χ1n) is 10.7. The van der Waals surface area contributed by atoms with Gasteiger partial charge in [0.1, 0.15) is 0 Å². The molecule has 1 aromatic heterocycles. The Hall–Kier alpha value is -2.89. The van der Waals surface area contributed by atoms with Crippen molar-refractivity contribution < 1.29 is 8.42 Å². The number of para-hydroxylation sites is 1. The highest BCUT2D eigenvalue weighted by atomic mass is 32.2. The highest BCUT2D eigenvalue weighted by Gasteiger charge is 2.14. The van der Waals surface area contributed by atoms with Gasteiger partial charge in [-0.3, -0.25) is 0 Å². The van der Waals surface area contributed by atoms with Crippen LogP contribution in [-0.4, -0.2) is 19.9 Å². The predicted molar refractivity (Wildman–Crippen MR) is 128 cm³/mol. The molecule has 4 aromatic rings. The molecule has 3 aromatic carbocycles. The number of H-pyrrole nitrogens is 1. The molecule has 0 radical (unpaired) electrons. The standard InChI is InChI=1S/C26H28N2O2S/c1-19(2)17-20-7-9-21(10-8-20)22-11-13-24(14-12-22)31(29,30)28-16-15-23-18-27-26-6-4-3-5-25(23)26/h3-14,18-19,27-28H,15-17H2,1-2H3. The van der Waals surface area contributed by atoms with E-state index >= 15 is 0 Å². The minimum Gasteiger partial charge on any atom is -0.361 e. The zero-order valence-electron chi connectivity index (χ0n) is 17.9. The van der Waals surface area contributed by atoms with Gasteiger partial charge < -0.3 is 4.98 Å². The Morgan fingerprint density at radius 2 is 1.52 bits per heavy atom. The molecule has 0 saturated heterocycles. The molecule has 0 bridgehead atoms. The van der Waals surface area contributed by atoms with Gasteiger partial charge in [-0.15, -0.1) is 0 Å². The van der Waals surface area contributed by atoms with Gasteiger partial charge in [0, 0.05) is 23.6 Å². The molecule has 0 amide bonds. The monoisotopic (exact) mass is 432 g/mol. The maximum Gasteiger partial charge on any atom is 0.240 e. The fourth-order valence-corrected chi connectivity index (χ4v) is 4.90. The Labute approximate surface area is 184 Å². The number of benzene rings is 3. The fourth-order valence-electron chi connectivity index (χ4n) is 3.87. The summed E-state index contributed by atoms with van der Waals surface area (Å²) in [5.74, 6) is 0.624. The molecule has 31 heavy (non-hydrogen) atoms. The quantitative estimate of drug-likeness (QED) is 0.383. The highest BCUT2D eigenvalue weighted by Crippen LogP contribution is 2.23. The third-order valence-corrected chi connectivity index (χ3v) is 6.93. The first-order valence-corrected chi connectivity index (χ1v) is 12.1. The molecule has 0 aliphatic rings. The third kappa shape index (κ3) is 5.06. The van der Waals surface area contributed by atoms with Crippen LogP contribution in [0.5, 0.6) is 0 Å². The van der Waals surface area contributed by atoms with Crippen LogP contribution in [-0.2, 0) is 22.9 Å². The van der Waals surface area contributed by atoms with Gasteiger partial charge in [-0.1, -0.05) is 68.4 Å². The first kappa shape index (κ1) is 21.3. The van der Waals surface area contributed by atoms with Crippen molar-refractivity contribution in [3.63, 3.8) is 0 Å². The molecule has 160 valence electrons. The Morgan fingerprint density at radius 1 is 0.871 bits per heavy atom. The van der Waals surface area contributed by atoms with Crippen LogP contribution >= 0.6 is 0 Å². The largest absolute Gasteiger partial charge is 0.361 e. The van der Waals surface area contributed by atoms with Crippen molar-refractivity contribution >= 4 is 20.9 Å². The van der Waals surface area contributed by atoms with E-state index in [4.69, 9.17) is 0 Å².